The quantitative estimate of drug-likeness (QED) is 0.371. The van der Waals surface area contributed by atoms with E-state index in [9.17, 15) is 9.59 Å². The van der Waals surface area contributed by atoms with Gasteiger partial charge in [-0.2, -0.15) is 0 Å². The highest BCUT2D eigenvalue weighted by Crippen LogP contribution is 2.22. The molecule has 1 amide bonds. The summed E-state index contributed by atoms with van der Waals surface area (Å²) in [5.41, 5.74) is 0. The molecular formula is C23H43NO3. The number of ketones is 1. The fourth-order valence-electron chi connectivity index (χ4n) is 4.03. The van der Waals surface area contributed by atoms with Gasteiger partial charge in [-0.1, -0.05) is 78.1 Å². The molecule has 27 heavy (non-hydrogen) atoms. The number of nitrogens with zero attached hydrogens (tertiary/aromatic N) is 1. The van der Waals surface area contributed by atoms with Crippen LogP contribution in [0.1, 0.15) is 110 Å². The molecule has 4 heteroatoms. The van der Waals surface area contributed by atoms with Gasteiger partial charge in [-0.25, -0.2) is 0 Å². The molecule has 0 aliphatic carbocycles. The molecule has 1 aliphatic heterocycles. The number of aliphatic hydroxyl groups is 1. The maximum Gasteiger partial charge on any atom is 0.223 e. The van der Waals surface area contributed by atoms with Gasteiger partial charge in [-0.05, 0) is 25.2 Å². The third-order valence-corrected chi connectivity index (χ3v) is 5.80. The van der Waals surface area contributed by atoms with Gasteiger partial charge in [0.15, 0.2) is 5.78 Å². The molecule has 0 aromatic heterocycles. The molecule has 1 rings (SSSR count). The molecule has 158 valence electrons. The predicted octanol–water partition coefficient (Wildman–Crippen LogP) is 5.27. The zero-order valence-corrected chi connectivity index (χ0v) is 17.9. The van der Waals surface area contributed by atoms with E-state index in [1.165, 1.54) is 57.8 Å². The van der Waals surface area contributed by atoms with Crippen LogP contribution in [0.15, 0.2) is 0 Å². The average Bonchev–Trinajstić information content (AvgIpc) is 3.16. The maximum absolute atomic E-state index is 12.5. The first-order valence-corrected chi connectivity index (χ1v) is 11.5. The molecule has 1 N–H and O–H groups in total. The van der Waals surface area contributed by atoms with Gasteiger partial charge in [-0.15, -0.1) is 0 Å². The normalized spacial score (nSPS) is 18.0. The number of hydrogen-bond acceptors (Lipinski definition) is 3. The largest absolute Gasteiger partial charge is 0.396 e. The maximum atomic E-state index is 12.5. The van der Waals surface area contributed by atoms with E-state index in [0.717, 1.165) is 32.2 Å². The summed E-state index contributed by atoms with van der Waals surface area (Å²) in [6.45, 7) is 4.89. The summed E-state index contributed by atoms with van der Waals surface area (Å²) in [5, 5.41) is 9.14. The van der Waals surface area contributed by atoms with E-state index in [1.54, 1.807) is 0 Å². The van der Waals surface area contributed by atoms with Crippen molar-refractivity contribution in [2.75, 3.05) is 13.2 Å². The standard InChI is InChI=1S/C23H43NO3/c1-3-4-5-6-7-8-9-10-11-12-13-16-23(27)24-17-14-15-21(24)22(26)18-20(2)19-25/h20-21,25H,3-19H2,1-2H3/t20-,21-/m0/s1. The summed E-state index contributed by atoms with van der Waals surface area (Å²) in [6, 6.07) is -0.237. The first-order chi connectivity index (χ1) is 13.1. The molecule has 0 bridgehead atoms. The molecule has 4 nitrogen and oxygen atoms in total. The number of likely N-dealkylation sites (tertiary alicyclic amines) is 1. The fraction of sp³-hybridized carbons (Fsp3) is 0.913. The van der Waals surface area contributed by atoms with E-state index in [0.29, 0.717) is 12.8 Å². The Labute approximate surface area is 167 Å². The van der Waals surface area contributed by atoms with E-state index in [4.69, 9.17) is 5.11 Å². The Kier molecular flexibility index (Phi) is 13.5. The van der Waals surface area contributed by atoms with Gasteiger partial charge in [0, 0.05) is 26.0 Å². The molecule has 1 saturated heterocycles. The number of amides is 1. The Bertz CT molecular complexity index is 410. The molecule has 0 aromatic carbocycles. The van der Waals surface area contributed by atoms with Crippen LogP contribution in [-0.4, -0.2) is 40.9 Å². The third kappa shape index (κ3) is 10.3. The molecule has 1 aliphatic rings. The molecule has 0 saturated carbocycles. The van der Waals surface area contributed by atoms with Crippen molar-refractivity contribution in [1.29, 1.82) is 0 Å². The Morgan fingerprint density at radius 1 is 0.963 bits per heavy atom. The van der Waals surface area contributed by atoms with Gasteiger partial charge < -0.3 is 10.0 Å². The van der Waals surface area contributed by atoms with Crippen molar-refractivity contribution in [3.8, 4) is 0 Å². The van der Waals surface area contributed by atoms with E-state index >= 15 is 0 Å². The monoisotopic (exact) mass is 381 g/mol. The van der Waals surface area contributed by atoms with E-state index in [-0.39, 0.29) is 30.3 Å². The van der Waals surface area contributed by atoms with Gasteiger partial charge in [0.25, 0.3) is 0 Å². The molecule has 0 spiro atoms. The molecule has 1 fully saturated rings. The van der Waals surface area contributed by atoms with E-state index in [1.807, 2.05) is 11.8 Å². The van der Waals surface area contributed by atoms with Crippen LogP contribution in [0.4, 0.5) is 0 Å². The lowest BCUT2D eigenvalue weighted by Gasteiger charge is -2.24. The van der Waals surface area contributed by atoms with Crippen molar-refractivity contribution < 1.29 is 14.7 Å². The van der Waals surface area contributed by atoms with E-state index in [2.05, 4.69) is 6.92 Å². The van der Waals surface area contributed by atoms with Crippen LogP contribution in [0.3, 0.4) is 0 Å². The summed E-state index contributed by atoms with van der Waals surface area (Å²) in [6.07, 6.45) is 16.8. The predicted molar refractivity (Wildman–Crippen MR) is 112 cm³/mol. The minimum Gasteiger partial charge on any atom is -0.396 e. The highest BCUT2D eigenvalue weighted by molar-refractivity contribution is 5.89. The zero-order chi connectivity index (χ0) is 19.9. The molecule has 2 atom stereocenters. The number of carbonyl (C=O) groups is 2. The van der Waals surface area contributed by atoms with Crippen molar-refractivity contribution in [2.45, 2.75) is 116 Å². The van der Waals surface area contributed by atoms with Crippen LogP contribution in [0.2, 0.25) is 0 Å². The second kappa shape index (κ2) is 15.1. The van der Waals surface area contributed by atoms with Crippen molar-refractivity contribution in [2.24, 2.45) is 5.92 Å². The molecule has 0 unspecified atom stereocenters. The summed E-state index contributed by atoms with van der Waals surface area (Å²) in [7, 11) is 0. The average molecular weight is 382 g/mol. The third-order valence-electron chi connectivity index (χ3n) is 5.80. The van der Waals surface area contributed by atoms with Crippen molar-refractivity contribution >= 4 is 11.7 Å². The SMILES string of the molecule is CCCCCCCCCCCCCC(=O)N1CCC[C@H]1C(=O)C[C@H](C)CO. The Morgan fingerprint density at radius 2 is 1.52 bits per heavy atom. The first-order valence-electron chi connectivity index (χ1n) is 11.5. The van der Waals surface area contributed by atoms with Gasteiger partial charge in [0.1, 0.15) is 0 Å². The smallest absolute Gasteiger partial charge is 0.223 e. The minimum atomic E-state index is -0.237. The second-order valence-corrected chi connectivity index (χ2v) is 8.49. The van der Waals surface area contributed by atoms with Gasteiger partial charge in [-0.3, -0.25) is 9.59 Å². The molecular weight excluding hydrogens is 338 g/mol. The Hall–Kier alpha value is -0.900. The Morgan fingerprint density at radius 3 is 2.07 bits per heavy atom. The summed E-state index contributed by atoms with van der Waals surface area (Å²) < 4.78 is 0. The van der Waals surface area contributed by atoms with Gasteiger partial charge in [0.05, 0.1) is 6.04 Å². The van der Waals surface area contributed by atoms with Gasteiger partial charge in [0.2, 0.25) is 5.91 Å². The van der Waals surface area contributed by atoms with E-state index < -0.39 is 0 Å². The van der Waals surface area contributed by atoms with Crippen molar-refractivity contribution in [3.05, 3.63) is 0 Å². The number of aliphatic hydroxyl groups excluding tert-OH is 1. The van der Waals surface area contributed by atoms with Crippen molar-refractivity contribution in [3.63, 3.8) is 0 Å². The Balaban J connectivity index is 2.09. The second-order valence-electron chi connectivity index (χ2n) is 8.49. The lowest BCUT2D eigenvalue weighted by atomic mass is 9.99. The van der Waals surface area contributed by atoms with Crippen LogP contribution < -0.4 is 0 Å². The minimum absolute atomic E-state index is 0.0123. The highest BCUT2D eigenvalue weighted by atomic mass is 16.3. The number of carbonyl (C=O) groups excluding carboxylic acids is 2. The number of hydrogen-bond donors (Lipinski definition) is 1. The van der Waals surface area contributed by atoms with Crippen LogP contribution >= 0.6 is 0 Å². The number of unbranched alkanes of at least 4 members (excludes halogenated alkanes) is 10. The molecule has 0 aromatic rings. The van der Waals surface area contributed by atoms with Crippen LogP contribution in [0.25, 0.3) is 0 Å². The lowest BCUT2D eigenvalue weighted by Crippen LogP contribution is -2.41. The van der Waals surface area contributed by atoms with Crippen LogP contribution in [0.5, 0.6) is 0 Å². The lowest BCUT2D eigenvalue weighted by molar-refractivity contribution is -0.138. The summed E-state index contributed by atoms with van der Waals surface area (Å²) in [5.74, 6) is 0.265. The number of Topliss-reactive ketones (excluding diaryl/α,β-unsaturated/α-hetero) is 1. The highest BCUT2D eigenvalue weighted by Gasteiger charge is 2.33. The fourth-order valence-corrected chi connectivity index (χ4v) is 4.03. The van der Waals surface area contributed by atoms with Crippen LogP contribution in [0, 0.1) is 5.92 Å². The first kappa shape index (κ1) is 24.1. The number of rotatable bonds is 16. The van der Waals surface area contributed by atoms with Crippen molar-refractivity contribution in [1.82, 2.24) is 4.90 Å². The molecule has 0 radical (unpaired) electrons. The summed E-state index contributed by atoms with van der Waals surface area (Å²) in [4.78, 5) is 26.7. The van der Waals surface area contributed by atoms with Gasteiger partial charge >= 0.3 is 0 Å². The van der Waals surface area contributed by atoms with Crippen LogP contribution in [-0.2, 0) is 9.59 Å². The topological polar surface area (TPSA) is 57.6 Å². The molecule has 1 heterocycles. The summed E-state index contributed by atoms with van der Waals surface area (Å²) >= 11 is 0. The zero-order valence-electron chi connectivity index (χ0n) is 17.9.